The molecule has 1 aliphatic carbocycles. The van der Waals surface area contributed by atoms with Gasteiger partial charge in [0.15, 0.2) is 0 Å². The van der Waals surface area contributed by atoms with Crippen LogP contribution in [0.15, 0.2) is 0 Å². The fraction of sp³-hybridized carbons (Fsp3) is 0.846. The molecule has 0 aromatic heterocycles. The maximum atomic E-state index is 11.8. The fourth-order valence-corrected chi connectivity index (χ4v) is 2.49. The van der Waals surface area contributed by atoms with Crippen molar-refractivity contribution in [1.29, 1.82) is 0 Å². The summed E-state index contributed by atoms with van der Waals surface area (Å²) in [4.78, 5) is 22.8. The summed E-state index contributed by atoms with van der Waals surface area (Å²) in [5.41, 5.74) is 5.68. The van der Waals surface area contributed by atoms with E-state index in [0.29, 0.717) is 6.42 Å². The lowest BCUT2D eigenvalue weighted by atomic mass is 9.94. The molecule has 1 rings (SSSR count). The van der Waals surface area contributed by atoms with Crippen molar-refractivity contribution in [2.45, 2.75) is 69.9 Å². The summed E-state index contributed by atoms with van der Waals surface area (Å²) >= 11 is 0. The highest BCUT2D eigenvalue weighted by molar-refractivity contribution is 5.84. The third-order valence-corrected chi connectivity index (χ3v) is 3.59. The van der Waals surface area contributed by atoms with Gasteiger partial charge in [-0.3, -0.25) is 4.79 Å². The second-order valence-corrected chi connectivity index (χ2v) is 5.35. The van der Waals surface area contributed by atoms with Crippen molar-refractivity contribution in [3.63, 3.8) is 0 Å². The van der Waals surface area contributed by atoms with Crippen molar-refractivity contribution in [3.8, 4) is 0 Å². The number of carbonyl (C=O) groups is 2. The summed E-state index contributed by atoms with van der Waals surface area (Å²) in [5, 5.41) is 11.6. The molecule has 0 aliphatic heterocycles. The van der Waals surface area contributed by atoms with E-state index in [4.69, 9.17) is 10.8 Å². The number of nitrogens with two attached hydrogens (primary N) is 1. The lowest BCUT2D eigenvalue weighted by Gasteiger charge is -2.24. The van der Waals surface area contributed by atoms with E-state index >= 15 is 0 Å². The Kier molecular flexibility index (Phi) is 5.59. The highest BCUT2D eigenvalue weighted by Gasteiger charge is 2.32. The Bertz CT molecular complexity index is 299. The first-order chi connectivity index (χ1) is 8.47. The molecule has 1 unspecified atom stereocenters. The first-order valence-electron chi connectivity index (χ1n) is 6.78. The number of carboxylic acids is 1. The molecule has 4 N–H and O–H groups in total. The number of unbranched alkanes of at least 4 members (excludes halogenated alkanes) is 1. The SMILES string of the molecule is CCCCC(NC(=O)CC1(N)CCCC1)C(=O)O. The lowest BCUT2D eigenvalue weighted by molar-refractivity contribution is -0.142. The third kappa shape index (κ3) is 4.64. The molecule has 0 saturated heterocycles. The summed E-state index contributed by atoms with van der Waals surface area (Å²) in [6, 6.07) is -0.776. The maximum absolute atomic E-state index is 11.8. The first kappa shape index (κ1) is 15.0. The van der Waals surface area contributed by atoms with Gasteiger partial charge in [0.1, 0.15) is 6.04 Å². The van der Waals surface area contributed by atoms with Crippen LogP contribution in [0, 0.1) is 0 Å². The van der Waals surface area contributed by atoms with E-state index in [0.717, 1.165) is 38.5 Å². The molecule has 0 aromatic rings. The predicted molar refractivity (Wildman–Crippen MR) is 69.1 cm³/mol. The molecule has 5 nitrogen and oxygen atoms in total. The summed E-state index contributed by atoms with van der Waals surface area (Å²) in [6.07, 6.45) is 6.26. The number of aliphatic carboxylic acids is 1. The molecule has 0 radical (unpaired) electrons. The van der Waals surface area contributed by atoms with Crippen LogP contribution >= 0.6 is 0 Å². The lowest BCUT2D eigenvalue weighted by Crippen LogP contribution is -2.46. The minimum atomic E-state index is -0.964. The zero-order valence-electron chi connectivity index (χ0n) is 11.1. The maximum Gasteiger partial charge on any atom is 0.326 e. The molecule has 0 bridgehead atoms. The zero-order valence-corrected chi connectivity index (χ0v) is 11.1. The Morgan fingerprint density at radius 2 is 2.00 bits per heavy atom. The Morgan fingerprint density at radius 1 is 1.39 bits per heavy atom. The van der Waals surface area contributed by atoms with Crippen LogP contribution in [0.25, 0.3) is 0 Å². The number of rotatable bonds is 7. The number of hydrogen-bond acceptors (Lipinski definition) is 3. The van der Waals surface area contributed by atoms with Gasteiger partial charge in [-0.25, -0.2) is 4.79 Å². The summed E-state index contributed by atoms with van der Waals surface area (Å²) in [6.45, 7) is 1.99. The van der Waals surface area contributed by atoms with Gasteiger partial charge in [0, 0.05) is 12.0 Å². The molecule has 1 fully saturated rings. The number of nitrogens with one attached hydrogen (secondary N) is 1. The topological polar surface area (TPSA) is 92.4 Å². The minimum absolute atomic E-state index is 0.233. The average molecular weight is 256 g/mol. The number of carboxylic acid groups (broad SMARTS) is 1. The smallest absolute Gasteiger partial charge is 0.326 e. The van der Waals surface area contributed by atoms with Gasteiger partial charge in [-0.1, -0.05) is 32.6 Å². The van der Waals surface area contributed by atoms with E-state index in [-0.39, 0.29) is 12.3 Å². The van der Waals surface area contributed by atoms with E-state index in [1.807, 2.05) is 6.92 Å². The van der Waals surface area contributed by atoms with Gasteiger partial charge in [-0.15, -0.1) is 0 Å². The van der Waals surface area contributed by atoms with Gasteiger partial charge < -0.3 is 16.2 Å². The predicted octanol–water partition coefficient (Wildman–Crippen LogP) is 1.41. The summed E-state index contributed by atoms with van der Waals surface area (Å²) < 4.78 is 0. The molecule has 1 amide bonds. The summed E-state index contributed by atoms with van der Waals surface area (Å²) in [7, 11) is 0. The Morgan fingerprint density at radius 3 is 2.50 bits per heavy atom. The van der Waals surface area contributed by atoms with E-state index in [9.17, 15) is 9.59 Å². The van der Waals surface area contributed by atoms with Gasteiger partial charge in [-0.05, 0) is 19.3 Å². The van der Waals surface area contributed by atoms with E-state index in [2.05, 4.69) is 5.32 Å². The van der Waals surface area contributed by atoms with Crippen molar-refractivity contribution in [2.24, 2.45) is 5.73 Å². The van der Waals surface area contributed by atoms with Gasteiger partial charge >= 0.3 is 5.97 Å². The molecule has 1 saturated carbocycles. The molecule has 0 aromatic carbocycles. The van der Waals surface area contributed by atoms with Crippen LogP contribution in [0.2, 0.25) is 0 Å². The van der Waals surface area contributed by atoms with Crippen molar-refractivity contribution in [3.05, 3.63) is 0 Å². The molecule has 1 atom stereocenters. The normalized spacial score (nSPS) is 19.4. The van der Waals surface area contributed by atoms with E-state index < -0.39 is 17.6 Å². The molecule has 18 heavy (non-hydrogen) atoms. The van der Waals surface area contributed by atoms with Crippen LogP contribution in [-0.2, 0) is 9.59 Å². The van der Waals surface area contributed by atoms with Crippen molar-refractivity contribution in [2.75, 3.05) is 0 Å². The quantitative estimate of drug-likeness (QED) is 0.642. The molecule has 0 heterocycles. The van der Waals surface area contributed by atoms with Crippen molar-refractivity contribution < 1.29 is 14.7 Å². The van der Waals surface area contributed by atoms with Crippen LogP contribution in [0.3, 0.4) is 0 Å². The van der Waals surface area contributed by atoms with Crippen molar-refractivity contribution >= 4 is 11.9 Å². The van der Waals surface area contributed by atoms with Crippen LogP contribution in [0.4, 0.5) is 0 Å². The second-order valence-electron chi connectivity index (χ2n) is 5.35. The largest absolute Gasteiger partial charge is 0.480 e. The van der Waals surface area contributed by atoms with Gasteiger partial charge in [-0.2, -0.15) is 0 Å². The first-order valence-corrected chi connectivity index (χ1v) is 6.78. The number of carbonyl (C=O) groups excluding carboxylic acids is 1. The molecule has 1 aliphatic rings. The molecule has 5 heteroatoms. The van der Waals surface area contributed by atoms with Crippen LogP contribution < -0.4 is 11.1 Å². The Balaban J connectivity index is 2.43. The highest BCUT2D eigenvalue weighted by Crippen LogP contribution is 2.29. The average Bonchev–Trinajstić information content (AvgIpc) is 2.70. The Hall–Kier alpha value is -1.10. The minimum Gasteiger partial charge on any atom is -0.480 e. The van der Waals surface area contributed by atoms with Gasteiger partial charge in [0.25, 0.3) is 0 Å². The standard InChI is InChI=1S/C13H24N2O3/c1-2-3-6-10(12(17)18)15-11(16)9-13(14)7-4-5-8-13/h10H,2-9,14H2,1H3,(H,15,16)(H,17,18). The Labute approximate surface area is 108 Å². The number of amides is 1. The zero-order chi connectivity index (χ0) is 13.6. The molecule has 104 valence electrons. The second kappa shape index (κ2) is 6.73. The monoisotopic (exact) mass is 256 g/mol. The van der Waals surface area contributed by atoms with Crippen LogP contribution in [0.5, 0.6) is 0 Å². The van der Waals surface area contributed by atoms with Gasteiger partial charge in [0.05, 0.1) is 0 Å². The third-order valence-electron chi connectivity index (χ3n) is 3.59. The van der Waals surface area contributed by atoms with E-state index in [1.54, 1.807) is 0 Å². The van der Waals surface area contributed by atoms with Crippen LogP contribution in [-0.4, -0.2) is 28.6 Å². The summed E-state index contributed by atoms with van der Waals surface area (Å²) in [5.74, 6) is -1.20. The molecular formula is C13H24N2O3. The number of hydrogen-bond donors (Lipinski definition) is 3. The van der Waals surface area contributed by atoms with E-state index in [1.165, 1.54) is 0 Å². The fourth-order valence-electron chi connectivity index (χ4n) is 2.49. The molecule has 0 spiro atoms. The van der Waals surface area contributed by atoms with Gasteiger partial charge in [0.2, 0.25) is 5.91 Å². The molecular weight excluding hydrogens is 232 g/mol. The highest BCUT2D eigenvalue weighted by atomic mass is 16.4. The van der Waals surface area contributed by atoms with Crippen LogP contribution in [0.1, 0.15) is 58.3 Å². The van der Waals surface area contributed by atoms with Crippen molar-refractivity contribution in [1.82, 2.24) is 5.32 Å².